The number of nitrogen functional groups attached to an aromatic ring is 1. The van der Waals surface area contributed by atoms with Crippen LogP contribution >= 0.6 is 0 Å². The summed E-state index contributed by atoms with van der Waals surface area (Å²) in [5, 5.41) is 2.89. The van der Waals surface area contributed by atoms with Crippen molar-refractivity contribution in [1.82, 2.24) is 0 Å². The van der Waals surface area contributed by atoms with Crippen LogP contribution in [0.2, 0.25) is 0 Å². The average Bonchev–Trinajstić information content (AvgIpc) is 2.81. The van der Waals surface area contributed by atoms with Crippen molar-refractivity contribution in [2.45, 2.75) is 20.3 Å². The summed E-state index contributed by atoms with van der Waals surface area (Å²) in [7, 11) is 0. The molecule has 1 heterocycles. The zero-order valence-electron chi connectivity index (χ0n) is 12.3. The number of nitrogens with zero attached hydrogens (tertiary/aromatic N) is 1. The van der Waals surface area contributed by atoms with Gasteiger partial charge < -0.3 is 16.0 Å². The highest BCUT2D eigenvalue weighted by Crippen LogP contribution is 2.37. The van der Waals surface area contributed by atoms with Crippen molar-refractivity contribution in [3.05, 3.63) is 47.5 Å². The molecule has 108 valence electrons. The van der Waals surface area contributed by atoms with Gasteiger partial charge in [0.15, 0.2) is 0 Å². The lowest BCUT2D eigenvalue weighted by Crippen LogP contribution is -2.18. The lowest BCUT2D eigenvalue weighted by Gasteiger charge is -2.27. The van der Waals surface area contributed by atoms with E-state index in [0.717, 1.165) is 29.2 Å². The van der Waals surface area contributed by atoms with Gasteiger partial charge in [0.25, 0.3) is 0 Å². The van der Waals surface area contributed by atoms with Crippen LogP contribution in [0.5, 0.6) is 0 Å². The lowest BCUT2D eigenvalue weighted by atomic mass is 10.1. The van der Waals surface area contributed by atoms with Crippen LogP contribution in [0.1, 0.15) is 18.1 Å². The van der Waals surface area contributed by atoms with Gasteiger partial charge in [0.05, 0.1) is 17.8 Å². The van der Waals surface area contributed by atoms with Crippen molar-refractivity contribution in [3.63, 3.8) is 0 Å². The van der Waals surface area contributed by atoms with Gasteiger partial charge >= 0.3 is 0 Å². The van der Waals surface area contributed by atoms with Crippen molar-refractivity contribution >= 4 is 28.7 Å². The molecule has 0 saturated heterocycles. The molecule has 0 aliphatic carbocycles. The summed E-state index contributed by atoms with van der Waals surface area (Å²) in [5.41, 5.74) is 12.0. The van der Waals surface area contributed by atoms with E-state index in [2.05, 4.69) is 36.2 Å². The Labute approximate surface area is 124 Å². The molecule has 1 amide bonds. The molecule has 0 aromatic heterocycles. The summed E-state index contributed by atoms with van der Waals surface area (Å²) in [6.45, 7) is 4.99. The van der Waals surface area contributed by atoms with Crippen LogP contribution in [0, 0.1) is 6.92 Å². The molecule has 21 heavy (non-hydrogen) atoms. The van der Waals surface area contributed by atoms with Gasteiger partial charge in [-0.05, 0) is 43.2 Å². The molecule has 4 heteroatoms. The van der Waals surface area contributed by atoms with Gasteiger partial charge in [0.2, 0.25) is 5.91 Å². The Kier molecular flexibility index (Phi) is 3.29. The highest BCUT2D eigenvalue weighted by molar-refractivity contribution is 6.01. The average molecular weight is 281 g/mol. The Morgan fingerprint density at radius 1 is 1.24 bits per heavy atom. The molecule has 0 saturated carbocycles. The van der Waals surface area contributed by atoms with Crippen LogP contribution < -0.4 is 16.0 Å². The number of para-hydroxylation sites is 1. The van der Waals surface area contributed by atoms with Crippen molar-refractivity contribution in [2.75, 3.05) is 22.5 Å². The Morgan fingerprint density at radius 3 is 2.71 bits per heavy atom. The number of amides is 1. The predicted octanol–water partition coefficient (Wildman–Crippen LogP) is 3.23. The van der Waals surface area contributed by atoms with Gasteiger partial charge in [0, 0.05) is 17.9 Å². The molecule has 2 aromatic carbocycles. The third-order valence-corrected chi connectivity index (χ3v) is 3.89. The molecule has 0 fully saturated rings. The third kappa shape index (κ3) is 2.33. The second-order valence-corrected chi connectivity index (χ2v) is 5.32. The number of nitrogens with one attached hydrogen (secondary N) is 1. The van der Waals surface area contributed by atoms with Gasteiger partial charge in [0.1, 0.15) is 0 Å². The predicted molar refractivity (Wildman–Crippen MR) is 87.0 cm³/mol. The number of benzene rings is 2. The van der Waals surface area contributed by atoms with E-state index in [0.29, 0.717) is 12.1 Å². The standard InChI is InChI=1S/C17H19N3O/c1-3-20(15-7-5-4-6-11(15)2)16-10-14-12(8-13(16)18)9-17(21)19-14/h4-8,10H,3,9,18H2,1-2H3,(H,19,21). The highest BCUT2D eigenvalue weighted by Gasteiger charge is 2.21. The number of carbonyl (C=O) groups excluding carboxylic acids is 1. The van der Waals surface area contributed by atoms with E-state index in [9.17, 15) is 4.79 Å². The zero-order valence-corrected chi connectivity index (χ0v) is 12.3. The molecule has 0 atom stereocenters. The van der Waals surface area contributed by atoms with E-state index >= 15 is 0 Å². The Morgan fingerprint density at radius 2 is 2.00 bits per heavy atom. The van der Waals surface area contributed by atoms with Gasteiger partial charge in [-0.15, -0.1) is 0 Å². The minimum absolute atomic E-state index is 0.0282. The van der Waals surface area contributed by atoms with E-state index in [1.54, 1.807) is 0 Å². The maximum atomic E-state index is 11.5. The van der Waals surface area contributed by atoms with E-state index in [1.165, 1.54) is 5.56 Å². The quantitative estimate of drug-likeness (QED) is 0.849. The van der Waals surface area contributed by atoms with Crippen LogP contribution in [0.4, 0.5) is 22.7 Å². The molecule has 3 rings (SSSR count). The van der Waals surface area contributed by atoms with E-state index < -0.39 is 0 Å². The minimum atomic E-state index is 0.0282. The second kappa shape index (κ2) is 5.13. The summed E-state index contributed by atoms with van der Waals surface area (Å²) in [4.78, 5) is 13.7. The summed E-state index contributed by atoms with van der Waals surface area (Å²) in [6.07, 6.45) is 0.413. The van der Waals surface area contributed by atoms with E-state index in [-0.39, 0.29) is 5.91 Å². The molecule has 2 aromatic rings. The first-order valence-electron chi connectivity index (χ1n) is 7.15. The SMILES string of the molecule is CCN(c1ccccc1C)c1cc2c(cc1N)CC(=O)N2. The summed E-state index contributed by atoms with van der Waals surface area (Å²) in [6, 6.07) is 12.1. The number of carbonyl (C=O) groups is 1. The summed E-state index contributed by atoms with van der Waals surface area (Å²) >= 11 is 0. The van der Waals surface area contributed by atoms with Gasteiger partial charge in [-0.25, -0.2) is 0 Å². The van der Waals surface area contributed by atoms with Gasteiger partial charge in [-0.2, -0.15) is 0 Å². The summed E-state index contributed by atoms with van der Waals surface area (Å²) in [5.74, 6) is 0.0282. The molecular formula is C17H19N3O. The highest BCUT2D eigenvalue weighted by atomic mass is 16.1. The number of rotatable bonds is 3. The van der Waals surface area contributed by atoms with Crippen LogP contribution in [0.3, 0.4) is 0 Å². The number of aryl methyl sites for hydroxylation is 1. The number of hydrogen-bond donors (Lipinski definition) is 2. The molecular weight excluding hydrogens is 262 g/mol. The molecule has 0 bridgehead atoms. The fraction of sp³-hybridized carbons (Fsp3) is 0.235. The fourth-order valence-corrected chi connectivity index (χ4v) is 2.85. The van der Waals surface area contributed by atoms with E-state index in [4.69, 9.17) is 5.73 Å². The van der Waals surface area contributed by atoms with Crippen LogP contribution in [0.15, 0.2) is 36.4 Å². The fourth-order valence-electron chi connectivity index (χ4n) is 2.85. The molecule has 1 aliphatic rings. The van der Waals surface area contributed by atoms with E-state index in [1.807, 2.05) is 24.3 Å². The second-order valence-electron chi connectivity index (χ2n) is 5.32. The Bertz CT molecular complexity index is 709. The maximum Gasteiger partial charge on any atom is 0.228 e. The number of nitrogens with two attached hydrogens (primary N) is 1. The topological polar surface area (TPSA) is 58.4 Å². The molecule has 4 nitrogen and oxygen atoms in total. The van der Waals surface area contributed by atoms with Gasteiger partial charge in [-0.1, -0.05) is 18.2 Å². The molecule has 0 unspecified atom stereocenters. The largest absolute Gasteiger partial charge is 0.397 e. The van der Waals surface area contributed by atoms with Crippen molar-refractivity contribution in [1.29, 1.82) is 0 Å². The van der Waals surface area contributed by atoms with Crippen LogP contribution in [0.25, 0.3) is 0 Å². The lowest BCUT2D eigenvalue weighted by molar-refractivity contribution is -0.115. The summed E-state index contributed by atoms with van der Waals surface area (Å²) < 4.78 is 0. The normalized spacial score (nSPS) is 13.0. The van der Waals surface area contributed by atoms with Crippen LogP contribution in [-0.2, 0) is 11.2 Å². The van der Waals surface area contributed by atoms with Crippen molar-refractivity contribution < 1.29 is 4.79 Å². The third-order valence-electron chi connectivity index (χ3n) is 3.89. The Balaban J connectivity index is 2.09. The zero-order chi connectivity index (χ0) is 15.0. The maximum absolute atomic E-state index is 11.5. The smallest absolute Gasteiger partial charge is 0.228 e. The number of fused-ring (bicyclic) bond motifs is 1. The van der Waals surface area contributed by atoms with Crippen molar-refractivity contribution in [2.24, 2.45) is 0 Å². The molecule has 1 aliphatic heterocycles. The first-order chi connectivity index (χ1) is 10.1. The first-order valence-corrected chi connectivity index (χ1v) is 7.15. The first kappa shape index (κ1) is 13.5. The van der Waals surface area contributed by atoms with Crippen LogP contribution in [-0.4, -0.2) is 12.5 Å². The van der Waals surface area contributed by atoms with Gasteiger partial charge in [-0.3, -0.25) is 4.79 Å². The monoisotopic (exact) mass is 281 g/mol. The van der Waals surface area contributed by atoms with Crippen molar-refractivity contribution in [3.8, 4) is 0 Å². The Hall–Kier alpha value is -2.49. The number of anilines is 4. The minimum Gasteiger partial charge on any atom is -0.397 e. The molecule has 0 radical (unpaired) electrons. The number of hydrogen-bond acceptors (Lipinski definition) is 3. The molecule has 3 N–H and O–H groups in total. The molecule has 0 spiro atoms.